The van der Waals surface area contributed by atoms with Crippen molar-refractivity contribution in [1.29, 1.82) is 0 Å². The Morgan fingerprint density at radius 2 is 1.69 bits per heavy atom. The lowest BCUT2D eigenvalue weighted by Gasteiger charge is -2.08. The average molecular weight is 278 g/mol. The molecule has 0 aliphatic rings. The Morgan fingerprint density at radius 3 is 2.38 bits per heavy atom. The van der Waals surface area contributed by atoms with Crippen LogP contribution < -0.4 is 5.73 Å². The molecule has 0 amide bonds. The first kappa shape index (κ1) is 11.1. The molecule has 2 N–H and O–H groups in total. The summed E-state index contributed by atoms with van der Waals surface area (Å²) in [5.41, 5.74) is 9.37. The van der Waals surface area contributed by atoms with Crippen molar-refractivity contribution in [2.45, 2.75) is 13.8 Å². The van der Waals surface area contributed by atoms with Crippen molar-refractivity contribution in [3.8, 4) is 11.3 Å². The molecule has 82 valence electrons. The van der Waals surface area contributed by atoms with Crippen molar-refractivity contribution >= 4 is 21.7 Å². The fourth-order valence-corrected chi connectivity index (χ4v) is 1.94. The summed E-state index contributed by atoms with van der Waals surface area (Å²) in [4.78, 5) is 8.77. The molecule has 0 saturated carbocycles. The summed E-state index contributed by atoms with van der Waals surface area (Å²) in [5, 5.41) is 0. The van der Waals surface area contributed by atoms with Crippen LogP contribution in [0.25, 0.3) is 11.3 Å². The van der Waals surface area contributed by atoms with Gasteiger partial charge in [-0.25, -0.2) is 9.97 Å². The fourth-order valence-electron chi connectivity index (χ4n) is 1.47. The fraction of sp³-hybridized carbons (Fsp3) is 0.167. The third-order valence-electron chi connectivity index (χ3n) is 2.46. The molecule has 0 unspecified atom stereocenters. The van der Waals surface area contributed by atoms with Crippen LogP contribution in [0, 0.1) is 13.8 Å². The van der Waals surface area contributed by atoms with Crippen molar-refractivity contribution in [2.24, 2.45) is 0 Å². The van der Waals surface area contributed by atoms with Gasteiger partial charge in [0.15, 0.2) is 0 Å². The zero-order chi connectivity index (χ0) is 11.7. The van der Waals surface area contributed by atoms with E-state index < -0.39 is 0 Å². The Labute approximate surface area is 103 Å². The van der Waals surface area contributed by atoms with E-state index in [9.17, 15) is 0 Å². The predicted octanol–water partition coefficient (Wildman–Crippen LogP) is 3.11. The van der Waals surface area contributed by atoms with Crippen molar-refractivity contribution in [2.75, 3.05) is 5.73 Å². The maximum atomic E-state index is 5.90. The van der Waals surface area contributed by atoms with Gasteiger partial charge in [0.1, 0.15) is 11.5 Å². The van der Waals surface area contributed by atoms with Gasteiger partial charge in [0.25, 0.3) is 0 Å². The lowest BCUT2D eigenvalue weighted by atomic mass is 10.1. The van der Waals surface area contributed by atoms with E-state index in [-0.39, 0.29) is 0 Å². The van der Waals surface area contributed by atoms with Crippen LogP contribution in [-0.4, -0.2) is 9.97 Å². The molecule has 1 heterocycles. The quantitative estimate of drug-likeness (QED) is 0.872. The highest BCUT2D eigenvalue weighted by Gasteiger charge is 2.10. The van der Waals surface area contributed by atoms with Gasteiger partial charge in [-0.3, -0.25) is 0 Å². The SMILES string of the molecule is Cc1nc(N)c(-c2ccccc2Br)nc1C. The Balaban J connectivity index is 2.65. The van der Waals surface area contributed by atoms with Gasteiger partial charge in [0.2, 0.25) is 0 Å². The monoisotopic (exact) mass is 277 g/mol. The van der Waals surface area contributed by atoms with Gasteiger partial charge >= 0.3 is 0 Å². The molecule has 0 aliphatic heterocycles. The van der Waals surface area contributed by atoms with Crippen molar-refractivity contribution < 1.29 is 0 Å². The molecule has 2 rings (SSSR count). The number of nitrogens with two attached hydrogens (primary N) is 1. The van der Waals surface area contributed by atoms with Crippen LogP contribution in [0.1, 0.15) is 11.4 Å². The summed E-state index contributed by atoms with van der Waals surface area (Å²) >= 11 is 3.49. The van der Waals surface area contributed by atoms with Gasteiger partial charge in [0.05, 0.1) is 11.4 Å². The molecule has 1 aromatic heterocycles. The van der Waals surface area contributed by atoms with E-state index in [2.05, 4.69) is 25.9 Å². The molecule has 0 fully saturated rings. The lowest BCUT2D eigenvalue weighted by Crippen LogP contribution is -2.02. The Morgan fingerprint density at radius 1 is 1.06 bits per heavy atom. The van der Waals surface area contributed by atoms with E-state index >= 15 is 0 Å². The van der Waals surface area contributed by atoms with E-state index in [1.165, 1.54) is 0 Å². The summed E-state index contributed by atoms with van der Waals surface area (Å²) < 4.78 is 0.972. The van der Waals surface area contributed by atoms with E-state index in [1.54, 1.807) is 0 Å². The number of halogens is 1. The number of nitrogen functional groups attached to an aromatic ring is 1. The van der Waals surface area contributed by atoms with Gasteiger partial charge in [-0.2, -0.15) is 0 Å². The zero-order valence-electron chi connectivity index (χ0n) is 9.16. The summed E-state index contributed by atoms with van der Waals surface area (Å²) in [5.74, 6) is 0.468. The zero-order valence-corrected chi connectivity index (χ0v) is 10.7. The van der Waals surface area contributed by atoms with Crippen molar-refractivity contribution in [1.82, 2.24) is 9.97 Å². The standard InChI is InChI=1S/C12H12BrN3/c1-7-8(2)16-12(14)11(15-7)9-5-3-4-6-10(9)13/h3-6H,1-2H3,(H2,14,16). The third-order valence-corrected chi connectivity index (χ3v) is 3.15. The predicted molar refractivity (Wildman–Crippen MR) is 69.1 cm³/mol. The molecular formula is C12H12BrN3. The second-order valence-corrected chi connectivity index (χ2v) is 4.46. The smallest absolute Gasteiger partial charge is 0.150 e. The maximum Gasteiger partial charge on any atom is 0.150 e. The molecule has 2 aromatic rings. The minimum Gasteiger partial charge on any atom is -0.382 e. The number of rotatable bonds is 1. The molecule has 0 atom stereocenters. The van der Waals surface area contributed by atoms with Crippen LogP contribution in [0.2, 0.25) is 0 Å². The minimum absolute atomic E-state index is 0.468. The summed E-state index contributed by atoms with van der Waals surface area (Å²) in [6, 6.07) is 7.85. The van der Waals surface area contributed by atoms with E-state index in [0.29, 0.717) is 5.82 Å². The van der Waals surface area contributed by atoms with Crippen LogP contribution >= 0.6 is 15.9 Å². The Kier molecular flexibility index (Phi) is 2.92. The van der Waals surface area contributed by atoms with E-state index in [1.807, 2.05) is 38.1 Å². The van der Waals surface area contributed by atoms with Crippen molar-refractivity contribution in [3.05, 3.63) is 40.1 Å². The number of aromatic nitrogens is 2. The molecule has 0 spiro atoms. The molecule has 0 saturated heterocycles. The van der Waals surface area contributed by atoms with Crippen molar-refractivity contribution in [3.63, 3.8) is 0 Å². The van der Waals surface area contributed by atoms with Gasteiger partial charge in [-0.1, -0.05) is 34.1 Å². The van der Waals surface area contributed by atoms with Gasteiger partial charge < -0.3 is 5.73 Å². The van der Waals surface area contributed by atoms with Gasteiger partial charge in [-0.05, 0) is 19.9 Å². The van der Waals surface area contributed by atoms with Gasteiger partial charge in [0, 0.05) is 10.0 Å². The van der Waals surface area contributed by atoms with Crippen LogP contribution in [0.3, 0.4) is 0 Å². The number of hydrogen-bond acceptors (Lipinski definition) is 3. The van der Waals surface area contributed by atoms with Crippen LogP contribution in [0.4, 0.5) is 5.82 Å². The summed E-state index contributed by atoms with van der Waals surface area (Å²) in [7, 11) is 0. The maximum absolute atomic E-state index is 5.90. The number of anilines is 1. The summed E-state index contributed by atoms with van der Waals surface area (Å²) in [6.45, 7) is 3.84. The minimum atomic E-state index is 0.468. The molecular weight excluding hydrogens is 266 g/mol. The number of nitrogens with zero attached hydrogens (tertiary/aromatic N) is 2. The molecule has 4 heteroatoms. The molecule has 0 radical (unpaired) electrons. The van der Waals surface area contributed by atoms with E-state index in [0.717, 1.165) is 27.1 Å². The third kappa shape index (κ3) is 1.93. The van der Waals surface area contributed by atoms with Crippen LogP contribution in [0.5, 0.6) is 0 Å². The molecule has 3 nitrogen and oxygen atoms in total. The average Bonchev–Trinajstić information content (AvgIpc) is 2.25. The van der Waals surface area contributed by atoms with Crippen LogP contribution in [-0.2, 0) is 0 Å². The summed E-state index contributed by atoms with van der Waals surface area (Å²) in [6.07, 6.45) is 0. The second-order valence-electron chi connectivity index (χ2n) is 3.61. The van der Waals surface area contributed by atoms with E-state index in [4.69, 9.17) is 5.73 Å². The topological polar surface area (TPSA) is 51.8 Å². The molecule has 0 bridgehead atoms. The molecule has 16 heavy (non-hydrogen) atoms. The van der Waals surface area contributed by atoms with Gasteiger partial charge in [-0.15, -0.1) is 0 Å². The lowest BCUT2D eigenvalue weighted by molar-refractivity contribution is 1.06. The Bertz CT molecular complexity index is 538. The molecule has 1 aromatic carbocycles. The first-order chi connectivity index (χ1) is 7.59. The molecule has 0 aliphatic carbocycles. The second kappa shape index (κ2) is 4.22. The highest BCUT2D eigenvalue weighted by Crippen LogP contribution is 2.29. The Hall–Kier alpha value is -1.42. The number of aryl methyl sites for hydroxylation is 2. The largest absolute Gasteiger partial charge is 0.382 e. The number of hydrogen-bond donors (Lipinski definition) is 1. The first-order valence-electron chi connectivity index (χ1n) is 4.95. The highest BCUT2D eigenvalue weighted by molar-refractivity contribution is 9.10. The first-order valence-corrected chi connectivity index (χ1v) is 5.74. The number of benzene rings is 1. The highest BCUT2D eigenvalue weighted by atomic mass is 79.9. The normalized spacial score (nSPS) is 10.4. The van der Waals surface area contributed by atoms with Crippen LogP contribution in [0.15, 0.2) is 28.7 Å².